The summed E-state index contributed by atoms with van der Waals surface area (Å²) in [6, 6.07) is 5.84. The SMILES string of the molecule is CCOP(=O)(OCC)C1=C(C)NC(C)=C(C(=O)OC)C1c1cccc([N+](=O)[O-])c1. The summed E-state index contributed by atoms with van der Waals surface area (Å²) in [5.41, 5.74) is 1.44. The van der Waals surface area contributed by atoms with E-state index in [2.05, 4.69) is 5.32 Å². The van der Waals surface area contributed by atoms with Crippen molar-refractivity contribution < 1.29 is 28.1 Å². The first kappa shape index (κ1) is 22.8. The van der Waals surface area contributed by atoms with Crippen molar-refractivity contribution in [2.45, 2.75) is 33.6 Å². The fourth-order valence-electron chi connectivity index (χ4n) is 3.39. The summed E-state index contributed by atoms with van der Waals surface area (Å²) in [6.07, 6.45) is 0. The van der Waals surface area contributed by atoms with Crippen LogP contribution in [0, 0.1) is 10.1 Å². The molecule has 1 aromatic carbocycles. The van der Waals surface area contributed by atoms with Gasteiger partial charge in [0.2, 0.25) is 0 Å². The maximum Gasteiger partial charge on any atom is 0.360 e. The van der Waals surface area contributed by atoms with Crippen molar-refractivity contribution in [3.8, 4) is 0 Å². The van der Waals surface area contributed by atoms with Gasteiger partial charge in [0, 0.05) is 23.5 Å². The molecule has 1 aromatic rings. The van der Waals surface area contributed by atoms with Crippen LogP contribution in [0.1, 0.15) is 39.2 Å². The first-order chi connectivity index (χ1) is 13.7. The molecule has 1 heterocycles. The molecular formula is C19H25N2O7P. The summed E-state index contributed by atoms with van der Waals surface area (Å²) in [6.45, 7) is 6.98. The molecule has 0 saturated carbocycles. The third-order valence-corrected chi connectivity index (χ3v) is 6.82. The van der Waals surface area contributed by atoms with Gasteiger partial charge in [-0.3, -0.25) is 14.7 Å². The molecule has 9 nitrogen and oxygen atoms in total. The van der Waals surface area contributed by atoms with E-state index < -0.39 is 24.4 Å². The number of non-ortho nitro benzene ring substituents is 1. The van der Waals surface area contributed by atoms with Crippen LogP contribution in [0.25, 0.3) is 0 Å². The van der Waals surface area contributed by atoms with Crippen LogP contribution in [-0.2, 0) is 23.1 Å². The van der Waals surface area contributed by atoms with Crippen LogP contribution >= 0.6 is 7.60 Å². The number of rotatable bonds is 8. The normalized spacial score (nSPS) is 17.2. The molecule has 0 aromatic heterocycles. The number of hydrogen-bond donors (Lipinski definition) is 1. The number of allylic oxidation sites excluding steroid dienone is 3. The fourth-order valence-corrected chi connectivity index (χ4v) is 5.48. The molecule has 0 radical (unpaired) electrons. The van der Waals surface area contributed by atoms with E-state index >= 15 is 0 Å². The number of ether oxygens (including phenoxy) is 1. The van der Waals surface area contributed by atoms with Crippen molar-refractivity contribution in [2.75, 3.05) is 20.3 Å². The minimum Gasteiger partial charge on any atom is -0.466 e. The molecule has 1 unspecified atom stereocenters. The molecular weight excluding hydrogens is 399 g/mol. The Hall–Kier alpha value is -2.48. The second-order valence-electron chi connectivity index (χ2n) is 6.28. The topological polar surface area (TPSA) is 117 Å². The highest BCUT2D eigenvalue weighted by Gasteiger charge is 2.44. The number of nitro groups is 1. The van der Waals surface area contributed by atoms with Crippen molar-refractivity contribution in [1.82, 2.24) is 5.32 Å². The van der Waals surface area contributed by atoms with Gasteiger partial charge in [-0.05, 0) is 33.3 Å². The van der Waals surface area contributed by atoms with E-state index in [9.17, 15) is 19.5 Å². The molecule has 1 aliphatic heterocycles. The Morgan fingerprint density at radius 2 is 1.83 bits per heavy atom. The number of nitro benzene ring substituents is 1. The van der Waals surface area contributed by atoms with Gasteiger partial charge in [-0.15, -0.1) is 0 Å². The molecule has 0 bridgehead atoms. The average molecular weight is 424 g/mol. The van der Waals surface area contributed by atoms with E-state index in [1.165, 1.54) is 25.3 Å². The van der Waals surface area contributed by atoms with Gasteiger partial charge in [-0.25, -0.2) is 4.79 Å². The molecule has 10 heteroatoms. The predicted octanol–water partition coefficient (Wildman–Crippen LogP) is 4.23. The van der Waals surface area contributed by atoms with Gasteiger partial charge in [-0.2, -0.15) is 0 Å². The minimum atomic E-state index is -3.82. The lowest BCUT2D eigenvalue weighted by molar-refractivity contribution is -0.384. The average Bonchev–Trinajstić information content (AvgIpc) is 2.67. The highest BCUT2D eigenvalue weighted by atomic mass is 31.2. The maximum absolute atomic E-state index is 13.7. The Morgan fingerprint density at radius 3 is 2.34 bits per heavy atom. The highest BCUT2D eigenvalue weighted by Crippen LogP contribution is 2.64. The third kappa shape index (κ3) is 4.58. The highest BCUT2D eigenvalue weighted by molar-refractivity contribution is 7.58. The van der Waals surface area contributed by atoms with E-state index in [0.29, 0.717) is 17.0 Å². The standard InChI is InChI=1S/C19H25N2O7P/c1-6-27-29(25,28-7-2)18-13(4)20-12(3)16(19(22)26-5)17(18)14-9-8-10-15(11-14)21(23)24/h8-11,17,20H,6-7H2,1-5H3. The Kier molecular flexibility index (Phi) is 7.35. The molecule has 29 heavy (non-hydrogen) atoms. The molecule has 2 rings (SSSR count). The maximum atomic E-state index is 13.7. The van der Waals surface area contributed by atoms with E-state index in [-0.39, 0.29) is 29.8 Å². The van der Waals surface area contributed by atoms with Crippen LogP contribution in [0.3, 0.4) is 0 Å². The van der Waals surface area contributed by atoms with Gasteiger partial charge in [0.25, 0.3) is 5.69 Å². The molecule has 1 aliphatic rings. The van der Waals surface area contributed by atoms with Gasteiger partial charge >= 0.3 is 13.6 Å². The Morgan fingerprint density at radius 1 is 1.21 bits per heavy atom. The summed E-state index contributed by atoms with van der Waals surface area (Å²) in [7, 11) is -2.58. The second-order valence-corrected chi connectivity index (χ2v) is 8.28. The van der Waals surface area contributed by atoms with Crippen LogP contribution in [0.15, 0.2) is 46.5 Å². The van der Waals surface area contributed by atoms with Gasteiger partial charge in [-0.1, -0.05) is 12.1 Å². The van der Waals surface area contributed by atoms with E-state index in [1.807, 2.05) is 0 Å². The summed E-state index contributed by atoms with van der Waals surface area (Å²) < 4.78 is 29.7. The van der Waals surface area contributed by atoms with Gasteiger partial charge in [0.05, 0.1) is 42.1 Å². The monoisotopic (exact) mass is 424 g/mol. The molecule has 1 N–H and O–H groups in total. The Balaban J connectivity index is 2.81. The lowest BCUT2D eigenvalue weighted by Crippen LogP contribution is -2.29. The molecule has 0 spiro atoms. The van der Waals surface area contributed by atoms with Crippen molar-refractivity contribution in [3.05, 3.63) is 62.2 Å². The molecule has 0 aliphatic carbocycles. The van der Waals surface area contributed by atoms with Crippen LogP contribution in [0.5, 0.6) is 0 Å². The first-order valence-electron chi connectivity index (χ1n) is 9.11. The number of hydrogen-bond acceptors (Lipinski definition) is 8. The van der Waals surface area contributed by atoms with Crippen LogP contribution < -0.4 is 5.32 Å². The Labute approximate surface area is 169 Å². The number of benzene rings is 1. The lowest BCUT2D eigenvalue weighted by atomic mass is 9.86. The fraction of sp³-hybridized carbons (Fsp3) is 0.421. The number of dihydropyridines is 1. The van der Waals surface area contributed by atoms with Crippen LogP contribution in [0.2, 0.25) is 0 Å². The van der Waals surface area contributed by atoms with E-state index in [4.69, 9.17) is 13.8 Å². The number of carbonyl (C=O) groups is 1. The second kappa shape index (κ2) is 9.35. The molecule has 0 saturated heterocycles. The number of methoxy groups -OCH3 is 1. The molecule has 1 atom stereocenters. The Bertz CT molecular complexity index is 913. The summed E-state index contributed by atoms with van der Waals surface area (Å²) in [4.78, 5) is 23.4. The number of carbonyl (C=O) groups excluding carboxylic acids is 1. The smallest absolute Gasteiger partial charge is 0.360 e. The van der Waals surface area contributed by atoms with Gasteiger partial charge < -0.3 is 19.1 Å². The molecule has 0 fully saturated rings. The zero-order valence-corrected chi connectivity index (χ0v) is 17.9. The summed E-state index contributed by atoms with van der Waals surface area (Å²) in [5.74, 6) is -1.54. The summed E-state index contributed by atoms with van der Waals surface area (Å²) in [5, 5.41) is 14.6. The number of esters is 1. The minimum absolute atomic E-state index is 0.117. The summed E-state index contributed by atoms with van der Waals surface area (Å²) >= 11 is 0. The van der Waals surface area contributed by atoms with Crippen molar-refractivity contribution in [2.24, 2.45) is 0 Å². The van der Waals surface area contributed by atoms with E-state index in [0.717, 1.165) is 0 Å². The zero-order valence-electron chi connectivity index (χ0n) is 17.1. The van der Waals surface area contributed by atoms with Crippen molar-refractivity contribution in [3.63, 3.8) is 0 Å². The number of nitrogens with zero attached hydrogens (tertiary/aromatic N) is 1. The van der Waals surface area contributed by atoms with Crippen molar-refractivity contribution >= 4 is 19.3 Å². The predicted molar refractivity (Wildman–Crippen MR) is 107 cm³/mol. The zero-order chi connectivity index (χ0) is 21.8. The largest absolute Gasteiger partial charge is 0.466 e. The number of nitrogens with one attached hydrogen (secondary N) is 1. The van der Waals surface area contributed by atoms with Gasteiger partial charge in [0.15, 0.2) is 0 Å². The van der Waals surface area contributed by atoms with Crippen LogP contribution in [-0.4, -0.2) is 31.2 Å². The van der Waals surface area contributed by atoms with Gasteiger partial charge in [0.1, 0.15) is 0 Å². The third-order valence-electron chi connectivity index (χ3n) is 4.44. The molecule has 0 amide bonds. The van der Waals surface area contributed by atoms with Crippen LogP contribution in [0.4, 0.5) is 5.69 Å². The molecule has 158 valence electrons. The lowest BCUT2D eigenvalue weighted by Gasteiger charge is -2.34. The first-order valence-corrected chi connectivity index (χ1v) is 10.6. The van der Waals surface area contributed by atoms with E-state index in [1.54, 1.807) is 33.8 Å². The quantitative estimate of drug-likeness (QED) is 0.285. The van der Waals surface area contributed by atoms with Crippen molar-refractivity contribution in [1.29, 1.82) is 0 Å².